The number of carbonyl (C=O) groups excluding carboxylic acids is 2. The van der Waals surface area contributed by atoms with Crippen molar-refractivity contribution in [3.63, 3.8) is 0 Å². The van der Waals surface area contributed by atoms with Crippen LogP contribution in [0.1, 0.15) is 17.3 Å². The van der Waals surface area contributed by atoms with E-state index in [1.165, 1.54) is 27.2 Å². The molecule has 2 aromatic rings. The summed E-state index contributed by atoms with van der Waals surface area (Å²) >= 11 is 5.80. The van der Waals surface area contributed by atoms with E-state index < -0.39 is 18.0 Å². The quantitative estimate of drug-likeness (QED) is 0.794. The number of amides is 1. The third kappa shape index (κ3) is 4.64. The first kappa shape index (κ1) is 18.6. The van der Waals surface area contributed by atoms with E-state index in [-0.39, 0.29) is 11.3 Å². The number of para-hydroxylation sites is 1. The first-order chi connectivity index (χ1) is 12.0. The number of hydrogen-bond donors (Lipinski definition) is 1. The molecule has 0 aliphatic heterocycles. The van der Waals surface area contributed by atoms with E-state index in [2.05, 4.69) is 5.32 Å². The van der Waals surface area contributed by atoms with Crippen molar-refractivity contribution in [3.8, 4) is 11.5 Å². The summed E-state index contributed by atoms with van der Waals surface area (Å²) in [6, 6.07) is 11.4. The lowest BCUT2D eigenvalue weighted by Crippen LogP contribution is -2.30. The van der Waals surface area contributed by atoms with Crippen LogP contribution in [0.4, 0.5) is 5.69 Å². The molecular weight excluding hydrogens is 346 g/mol. The lowest BCUT2D eigenvalue weighted by atomic mass is 10.2. The van der Waals surface area contributed by atoms with Gasteiger partial charge in [0.05, 0.1) is 14.2 Å². The van der Waals surface area contributed by atoms with Crippen LogP contribution in [0.3, 0.4) is 0 Å². The van der Waals surface area contributed by atoms with Crippen LogP contribution in [0.15, 0.2) is 42.5 Å². The molecule has 0 aromatic heterocycles. The summed E-state index contributed by atoms with van der Waals surface area (Å²) in [4.78, 5) is 24.5. The second-order valence-electron chi connectivity index (χ2n) is 5.08. The summed E-state index contributed by atoms with van der Waals surface area (Å²) in [7, 11) is 2.89. The van der Waals surface area contributed by atoms with Crippen molar-refractivity contribution in [1.82, 2.24) is 0 Å². The van der Waals surface area contributed by atoms with Crippen molar-refractivity contribution < 1.29 is 23.8 Å². The number of ether oxygens (including phenoxy) is 3. The van der Waals surface area contributed by atoms with Gasteiger partial charge in [0.2, 0.25) is 0 Å². The number of rotatable bonds is 6. The third-order valence-electron chi connectivity index (χ3n) is 3.39. The second kappa shape index (κ2) is 8.39. The minimum Gasteiger partial charge on any atom is -0.493 e. The van der Waals surface area contributed by atoms with Gasteiger partial charge in [0.1, 0.15) is 5.56 Å². The van der Waals surface area contributed by atoms with Gasteiger partial charge in [-0.3, -0.25) is 4.79 Å². The number of carbonyl (C=O) groups is 2. The van der Waals surface area contributed by atoms with Crippen molar-refractivity contribution in [2.75, 3.05) is 19.5 Å². The lowest BCUT2D eigenvalue weighted by Gasteiger charge is -2.16. The number of benzene rings is 2. The van der Waals surface area contributed by atoms with Gasteiger partial charge in [-0.2, -0.15) is 0 Å². The van der Waals surface area contributed by atoms with Crippen LogP contribution in [-0.4, -0.2) is 32.2 Å². The lowest BCUT2D eigenvalue weighted by molar-refractivity contribution is -0.123. The molecule has 0 unspecified atom stereocenters. The molecule has 0 heterocycles. The number of methoxy groups -OCH3 is 2. The molecule has 0 radical (unpaired) electrons. The fourth-order valence-electron chi connectivity index (χ4n) is 2.10. The SMILES string of the molecule is COc1cccc(C(=O)O[C@H](C)C(=O)Nc2ccc(Cl)cc2)c1OC. The van der Waals surface area contributed by atoms with E-state index in [9.17, 15) is 9.59 Å². The number of nitrogens with one attached hydrogen (secondary N) is 1. The van der Waals surface area contributed by atoms with Crippen molar-refractivity contribution in [2.24, 2.45) is 0 Å². The normalized spacial score (nSPS) is 11.4. The van der Waals surface area contributed by atoms with E-state index in [1.807, 2.05) is 0 Å². The molecule has 1 N–H and O–H groups in total. The molecule has 0 saturated heterocycles. The Morgan fingerprint density at radius 2 is 1.72 bits per heavy atom. The molecule has 0 saturated carbocycles. The molecule has 0 aliphatic carbocycles. The second-order valence-corrected chi connectivity index (χ2v) is 5.52. The van der Waals surface area contributed by atoms with Crippen molar-refractivity contribution in [3.05, 3.63) is 53.1 Å². The Morgan fingerprint density at radius 3 is 2.32 bits per heavy atom. The van der Waals surface area contributed by atoms with Crippen LogP contribution < -0.4 is 14.8 Å². The highest BCUT2D eigenvalue weighted by molar-refractivity contribution is 6.30. The monoisotopic (exact) mass is 363 g/mol. The Bertz CT molecular complexity index is 761. The predicted molar refractivity (Wildman–Crippen MR) is 94.5 cm³/mol. The van der Waals surface area contributed by atoms with Gasteiger partial charge >= 0.3 is 5.97 Å². The van der Waals surface area contributed by atoms with Gasteiger partial charge in [-0.15, -0.1) is 0 Å². The standard InChI is InChI=1S/C18H18ClNO5/c1-11(17(21)20-13-9-7-12(19)8-10-13)25-18(22)14-5-4-6-15(23-2)16(14)24-3/h4-11H,1-3H3,(H,20,21)/t11-/m1/s1. The van der Waals surface area contributed by atoms with Crippen LogP contribution >= 0.6 is 11.6 Å². The number of anilines is 1. The van der Waals surface area contributed by atoms with E-state index in [0.717, 1.165) is 0 Å². The van der Waals surface area contributed by atoms with E-state index in [0.29, 0.717) is 16.5 Å². The average Bonchev–Trinajstić information content (AvgIpc) is 2.62. The maximum Gasteiger partial charge on any atom is 0.342 e. The molecule has 7 heteroatoms. The van der Waals surface area contributed by atoms with Crippen LogP contribution in [-0.2, 0) is 9.53 Å². The molecule has 1 amide bonds. The summed E-state index contributed by atoms with van der Waals surface area (Å²) in [6.07, 6.45) is -1.00. The maximum atomic E-state index is 12.3. The number of hydrogen-bond acceptors (Lipinski definition) is 5. The minimum atomic E-state index is -1.00. The van der Waals surface area contributed by atoms with Gasteiger partial charge in [-0.1, -0.05) is 17.7 Å². The van der Waals surface area contributed by atoms with Crippen LogP contribution in [0.5, 0.6) is 11.5 Å². The fourth-order valence-corrected chi connectivity index (χ4v) is 2.23. The molecule has 0 spiro atoms. The molecule has 6 nitrogen and oxygen atoms in total. The van der Waals surface area contributed by atoms with Gasteiger partial charge in [0.25, 0.3) is 5.91 Å². The Kier molecular flexibility index (Phi) is 6.25. The van der Waals surface area contributed by atoms with Crippen LogP contribution in [0.2, 0.25) is 5.02 Å². The minimum absolute atomic E-state index is 0.174. The van der Waals surface area contributed by atoms with Crippen LogP contribution in [0, 0.1) is 0 Å². The first-order valence-corrected chi connectivity index (χ1v) is 7.82. The summed E-state index contributed by atoms with van der Waals surface area (Å²) in [5.41, 5.74) is 0.726. The molecule has 0 fully saturated rings. The smallest absolute Gasteiger partial charge is 0.342 e. The molecule has 25 heavy (non-hydrogen) atoms. The number of halogens is 1. The van der Waals surface area contributed by atoms with Gasteiger partial charge in [-0.25, -0.2) is 4.79 Å². The summed E-state index contributed by atoms with van der Waals surface area (Å²) in [6.45, 7) is 1.48. The van der Waals surface area contributed by atoms with E-state index in [4.69, 9.17) is 25.8 Å². The molecule has 0 bridgehead atoms. The summed E-state index contributed by atoms with van der Waals surface area (Å²) in [5.74, 6) is -0.498. The Morgan fingerprint density at radius 1 is 1.04 bits per heavy atom. The first-order valence-electron chi connectivity index (χ1n) is 7.44. The third-order valence-corrected chi connectivity index (χ3v) is 3.64. The van der Waals surface area contributed by atoms with E-state index >= 15 is 0 Å². The largest absolute Gasteiger partial charge is 0.493 e. The highest BCUT2D eigenvalue weighted by Crippen LogP contribution is 2.31. The van der Waals surface area contributed by atoms with Gasteiger partial charge in [-0.05, 0) is 43.3 Å². The molecule has 2 aromatic carbocycles. The fraction of sp³-hybridized carbons (Fsp3) is 0.222. The highest BCUT2D eigenvalue weighted by Gasteiger charge is 2.23. The van der Waals surface area contributed by atoms with Gasteiger partial charge in [0.15, 0.2) is 17.6 Å². The zero-order valence-electron chi connectivity index (χ0n) is 14.0. The van der Waals surface area contributed by atoms with Crippen molar-refractivity contribution in [2.45, 2.75) is 13.0 Å². The Labute approximate surface area is 150 Å². The Balaban J connectivity index is 2.07. The molecule has 132 valence electrons. The zero-order valence-corrected chi connectivity index (χ0v) is 14.8. The van der Waals surface area contributed by atoms with Gasteiger partial charge < -0.3 is 19.5 Å². The number of esters is 1. The van der Waals surface area contributed by atoms with Crippen LogP contribution in [0.25, 0.3) is 0 Å². The van der Waals surface area contributed by atoms with Crippen molar-refractivity contribution in [1.29, 1.82) is 0 Å². The molecule has 2 rings (SSSR count). The maximum absolute atomic E-state index is 12.3. The predicted octanol–water partition coefficient (Wildman–Crippen LogP) is 3.54. The molecule has 0 aliphatic rings. The molecular formula is C18H18ClNO5. The van der Waals surface area contributed by atoms with E-state index in [1.54, 1.807) is 36.4 Å². The highest BCUT2D eigenvalue weighted by atomic mass is 35.5. The summed E-state index contributed by atoms with van der Waals surface area (Å²) in [5, 5.41) is 3.20. The van der Waals surface area contributed by atoms with Gasteiger partial charge in [0, 0.05) is 10.7 Å². The average molecular weight is 364 g/mol. The topological polar surface area (TPSA) is 73.9 Å². The Hall–Kier alpha value is -2.73. The molecule has 1 atom stereocenters. The summed E-state index contributed by atoms with van der Waals surface area (Å²) < 4.78 is 15.6. The van der Waals surface area contributed by atoms with Crippen molar-refractivity contribution >= 4 is 29.2 Å². The zero-order chi connectivity index (χ0) is 18.4.